The third-order valence-corrected chi connectivity index (χ3v) is 2.89. The molecule has 2 aromatic rings. The van der Waals surface area contributed by atoms with Crippen LogP contribution in [0.4, 0.5) is 14.5 Å². The summed E-state index contributed by atoms with van der Waals surface area (Å²) >= 11 is 0. The van der Waals surface area contributed by atoms with E-state index in [1.54, 1.807) is 36.2 Å². The molecule has 0 aromatic heterocycles. The number of aldehydes is 1. The van der Waals surface area contributed by atoms with Gasteiger partial charge in [-0.25, -0.2) is 8.78 Å². The van der Waals surface area contributed by atoms with Crippen molar-refractivity contribution < 1.29 is 13.6 Å². The molecule has 0 aliphatic heterocycles. The smallest absolute Gasteiger partial charge is 0.155 e. The van der Waals surface area contributed by atoms with Crippen LogP contribution in [0, 0.1) is 11.6 Å². The first-order valence-corrected chi connectivity index (χ1v) is 5.81. The Bertz CT molecular complexity index is 581. The lowest BCUT2D eigenvalue weighted by atomic mass is 10.1. The number of carbonyl (C=O) groups excluding carboxylic acids is 1. The lowest BCUT2D eigenvalue weighted by molar-refractivity contribution is 0.112. The van der Waals surface area contributed by atoms with Crippen LogP contribution in [-0.4, -0.2) is 13.3 Å². The van der Waals surface area contributed by atoms with Gasteiger partial charge in [-0.2, -0.15) is 0 Å². The highest BCUT2D eigenvalue weighted by Gasteiger charge is 2.11. The summed E-state index contributed by atoms with van der Waals surface area (Å²) in [5.41, 5.74) is 1.43. The average Bonchev–Trinajstić information content (AvgIpc) is 2.41. The molecule has 4 heteroatoms. The van der Waals surface area contributed by atoms with Gasteiger partial charge in [0.2, 0.25) is 0 Å². The van der Waals surface area contributed by atoms with Gasteiger partial charge in [0.15, 0.2) is 6.29 Å². The molecule has 2 nitrogen and oxygen atoms in total. The van der Waals surface area contributed by atoms with E-state index in [9.17, 15) is 13.6 Å². The fourth-order valence-corrected chi connectivity index (χ4v) is 1.92. The predicted octanol–water partition coefficient (Wildman–Crippen LogP) is 3.41. The molecule has 19 heavy (non-hydrogen) atoms. The van der Waals surface area contributed by atoms with Gasteiger partial charge in [0.1, 0.15) is 11.6 Å². The summed E-state index contributed by atoms with van der Waals surface area (Å²) in [6.45, 7) is 0.463. The van der Waals surface area contributed by atoms with Crippen LogP contribution in [-0.2, 0) is 6.54 Å². The number of anilines is 1. The number of carbonyl (C=O) groups is 1. The Kier molecular flexibility index (Phi) is 3.90. The maximum Gasteiger partial charge on any atom is 0.155 e. The van der Waals surface area contributed by atoms with Crippen LogP contribution in [0.1, 0.15) is 15.9 Å². The van der Waals surface area contributed by atoms with Gasteiger partial charge in [-0.05, 0) is 29.8 Å². The molecule has 0 aliphatic carbocycles. The number of halogens is 2. The number of benzene rings is 2. The summed E-state index contributed by atoms with van der Waals surface area (Å²) < 4.78 is 26.3. The van der Waals surface area contributed by atoms with Crippen molar-refractivity contribution in [3.8, 4) is 0 Å². The second kappa shape index (κ2) is 5.61. The molecule has 2 rings (SSSR count). The highest BCUT2D eigenvalue weighted by atomic mass is 19.1. The van der Waals surface area contributed by atoms with E-state index >= 15 is 0 Å². The number of hydrogen-bond acceptors (Lipinski definition) is 2. The molecular formula is C15H13F2NO. The van der Waals surface area contributed by atoms with Gasteiger partial charge in [-0.3, -0.25) is 4.79 Å². The molecule has 0 N–H and O–H groups in total. The molecule has 0 bridgehead atoms. The topological polar surface area (TPSA) is 20.3 Å². The van der Waals surface area contributed by atoms with Crippen LogP contribution in [0.2, 0.25) is 0 Å². The maximum absolute atomic E-state index is 13.5. The summed E-state index contributed by atoms with van der Waals surface area (Å²) in [6, 6.07) is 10.5. The number of rotatable bonds is 4. The quantitative estimate of drug-likeness (QED) is 0.786. The highest BCUT2D eigenvalue weighted by Crippen LogP contribution is 2.22. The molecule has 0 heterocycles. The summed E-state index contributed by atoms with van der Waals surface area (Å²) in [5, 5.41) is 0. The molecule has 0 fully saturated rings. The van der Waals surface area contributed by atoms with Gasteiger partial charge in [0.25, 0.3) is 0 Å². The van der Waals surface area contributed by atoms with Crippen molar-refractivity contribution in [3.05, 3.63) is 65.2 Å². The van der Waals surface area contributed by atoms with Gasteiger partial charge in [-0.1, -0.05) is 18.2 Å². The largest absolute Gasteiger partial charge is 0.370 e. The first-order valence-electron chi connectivity index (χ1n) is 5.81. The van der Waals surface area contributed by atoms with Crippen molar-refractivity contribution in [2.75, 3.05) is 11.9 Å². The molecule has 0 aliphatic rings. The third-order valence-electron chi connectivity index (χ3n) is 2.89. The lowest BCUT2D eigenvalue weighted by Gasteiger charge is -2.21. The zero-order valence-corrected chi connectivity index (χ0v) is 10.4. The lowest BCUT2D eigenvalue weighted by Crippen LogP contribution is -2.18. The van der Waals surface area contributed by atoms with Crippen molar-refractivity contribution >= 4 is 12.0 Å². The number of nitrogens with zero attached hydrogens (tertiary/aromatic N) is 1. The van der Waals surface area contributed by atoms with Crippen LogP contribution in [0.15, 0.2) is 42.5 Å². The van der Waals surface area contributed by atoms with Crippen molar-refractivity contribution in [2.45, 2.75) is 6.54 Å². The number of hydrogen-bond donors (Lipinski definition) is 0. The minimum absolute atomic E-state index is 0.0344. The van der Waals surface area contributed by atoms with E-state index < -0.39 is 5.82 Å². The van der Waals surface area contributed by atoms with E-state index in [4.69, 9.17) is 0 Å². The first-order chi connectivity index (χ1) is 9.11. The molecule has 0 saturated carbocycles. The molecular weight excluding hydrogens is 248 g/mol. The van der Waals surface area contributed by atoms with Gasteiger partial charge in [-0.15, -0.1) is 0 Å². The summed E-state index contributed by atoms with van der Waals surface area (Å²) in [5.74, 6) is -0.843. The van der Waals surface area contributed by atoms with Gasteiger partial charge < -0.3 is 4.90 Å². The Morgan fingerprint density at radius 1 is 1.11 bits per heavy atom. The van der Waals surface area contributed by atoms with Crippen molar-refractivity contribution in [1.29, 1.82) is 0 Å². The zero-order chi connectivity index (χ0) is 13.8. The first kappa shape index (κ1) is 13.2. The van der Waals surface area contributed by atoms with Crippen molar-refractivity contribution in [1.82, 2.24) is 0 Å². The molecule has 0 saturated heterocycles. The van der Waals surface area contributed by atoms with Crippen LogP contribution in [0.25, 0.3) is 0 Å². The molecule has 2 aromatic carbocycles. The second-order valence-electron chi connectivity index (χ2n) is 4.27. The third kappa shape index (κ3) is 2.96. The Labute approximate surface area is 110 Å². The van der Waals surface area contributed by atoms with Crippen LogP contribution < -0.4 is 4.90 Å². The zero-order valence-electron chi connectivity index (χ0n) is 10.4. The Morgan fingerprint density at radius 3 is 2.42 bits per heavy atom. The van der Waals surface area contributed by atoms with Gasteiger partial charge in [0.05, 0.1) is 11.3 Å². The summed E-state index contributed by atoms with van der Waals surface area (Å²) in [7, 11) is 1.76. The monoisotopic (exact) mass is 261 g/mol. The van der Waals surface area contributed by atoms with Gasteiger partial charge >= 0.3 is 0 Å². The highest BCUT2D eigenvalue weighted by molar-refractivity contribution is 5.84. The molecule has 0 amide bonds. The molecule has 98 valence electrons. The second-order valence-corrected chi connectivity index (χ2v) is 4.27. The SMILES string of the molecule is CN(Cc1ccc(F)cc1)c1cccc(F)c1C=O. The van der Waals surface area contributed by atoms with E-state index in [0.717, 1.165) is 5.56 Å². The molecule has 0 spiro atoms. The Morgan fingerprint density at radius 2 is 1.79 bits per heavy atom. The standard InChI is InChI=1S/C15H13F2NO/c1-18(9-11-5-7-12(16)8-6-11)15-4-2-3-14(17)13(15)10-19/h2-8,10H,9H2,1H3. The van der Waals surface area contributed by atoms with Crippen LogP contribution >= 0.6 is 0 Å². The molecule has 0 radical (unpaired) electrons. The Balaban J connectivity index is 2.25. The van der Waals surface area contributed by atoms with Crippen molar-refractivity contribution in [3.63, 3.8) is 0 Å². The normalized spacial score (nSPS) is 10.3. The van der Waals surface area contributed by atoms with Gasteiger partial charge in [0, 0.05) is 13.6 Å². The van der Waals surface area contributed by atoms with E-state index in [1.165, 1.54) is 18.2 Å². The minimum Gasteiger partial charge on any atom is -0.370 e. The fourth-order valence-electron chi connectivity index (χ4n) is 1.92. The fraction of sp³-hybridized carbons (Fsp3) is 0.133. The van der Waals surface area contributed by atoms with Crippen LogP contribution in [0.5, 0.6) is 0 Å². The predicted molar refractivity (Wildman–Crippen MR) is 70.3 cm³/mol. The Hall–Kier alpha value is -2.23. The molecule has 0 atom stereocenters. The summed E-state index contributed by atoms with van der Waals surface area (Å²) in [4.78, 5) is 12.7. The van der Waals surface area contributed by atoms with E-state index in [0.29, 0.717) is 18.5 Å². The average molecular weight is 261 g/mol. The van der Waals surface area contributed by atoms with Crippen molar-refractivity contribution in [2.24, 2.45) is 0 Å². The maximum atomic E-state index is 13.5. The van der Waals surface area contributed by atoms with E-state index in [-0.39, 0.29) is 11.4 Å². The van der Waals surface area contributed by atoms with E-state index in [2.05, 4.69) is 0 Å². The van der Waals surface area contributed by atoms with Crippen LogP contribution in [0.3, 0.4) is 0 Å². The molecule has 0 unspecified atom stereocenters. The van der Waals surface area contributed by atoms with E-state index in [1.807, 2.05) is 0 Å². The summed E-state index contributed by atoms with van der Waals surface area (Å²) in [6.07, 6.45) is 0.506. The minimum atomic E-state index is -0.543.